The molecular formula is C14H18Cl2N2O3. The van der Waals surface area contributed by atoms with E-state index in [9.17, 15) is 4.79 Å². The number of hydrogen-bond donors (Lipinski definition) is 2. The fourth-order valence-corrected chi connectivity index (χ4v) is 2.66. The quantitative estimate of drug-likeness (QED) is 0.873. The van der Waals surface area contributed by atoms with Gasteiger partial charge in [0.25, 0.3) is 0 Å². The number of carbonyl (C=O) groups is 1. The first-order valence-corrected chi connectivity index (χ1v) is 7.25. The molecule has 1 aromatic carbocycles. The highest BCUT2D eigenvalue weighted by molar-refractivity contribution is 6.34. The van der Waals surface area contributed by atoms with E-state index in [1.807, 2.05) is 0 Å². The zero-order chi connectivity index (χ0) is 13.9. The first-order chi connectivity index (χ1) is 9.74. The van der Waals surface area contributed by atoms with Crippen LogP contribution in [0.15, 0.2) is 12.1 Å². The van der Waals surface area contributed by atoms with E-state index in [0.29, 0.717) is 35.4 Å². The Balaban J connectivity index is 0.00000161. The lowest BCUT2D eigenvalue weighted by atomic mass is 10.0. The lowest BCUT2D eigenvalue weighted by molar-refractivity contribution is -0.118. The van der Waals surface area contributed by atoms with Crippen LogP contribution >= 0.6 is 24.0 Å². The highest BCUT2D eigenvalue weighted by atomic mass is 35.5. The highest BCUT2D eigenvalue weighted by Crippen LogP contribution is 2.38. The maximum absolute atomic E-state index is 12.2. The van der Waals surface area contributed by atoms with Gasteiger partial charge < -0.3 is 20.1 Å². The van der Waals surface area contributed by atoms with Crippen molar-refractivity contribution in [2.45, 2.75) is 25.3 Å². The Morgan fingerprint density at radius 2 is 1.95 bits per heavy atom. The van der Waals surface area contributed by atoms with Gasteiger partial charge in [0.05, 0.1) is 16.8 Å². The molecule has 1 amide bonds. The molecule has 1 aromatic rings. The summed E-state index contributed by atoms with van der Waals surface area (Å²) in [6, 6.07) is 3.25. The number of nitrogens with one attached hydrogen (secondary N) is 2. The number of hydrogen-bond acceptors (Lipinski definition) is 4. The summed E-state index contributed by atoms with van der Waals surface area (Å²) in [6.07, 6.45) is 3.04. The lowest BCUT2D eigenvalue weighted by Crippen LogP contribution is -2.43. The molecule has 0 unspecified atom stereocenters. The Morgan fingerprint density at radius 3 is 2.62 bits per heavy atom. The summed E-state index contributed by atoms with van der Waals surface area (Å²) in [5.41, 5.74) is 0.563. The number of rotatable bonds is 2. The Hall–Kier alpha value is -1.17. The minimum atomic E-state index is -0.145. The van der Waals surface area contributed by atoms with Gasteiger partial charge in [-0.2, -0.15) is 0 Å². The van der Waals surface area contributed by atoms with E-state index in [1.54, 1.807) is 12.1 Å². The highest BCUT2D eigenvalue weighted by Gasteiger charge is 2.22. The maximum atomic E-state index is 12.2. The predicted molar refractivity (Wildman–Crippen MR) is 84.0 cm³/mol. The molecule has 0 saturated carbocycles. The van der Waals surface area contributed by atoms with E-state index >= 15 is 0 Å². The molecule has 2 N–H and O–H groups in total. The van der Waals surface area contributed by atoms with Gasteiger partial charge in [-0.05, 0) is 19.4 Å². The first kappa shape index (κ1) is 16.2. The molecule has 0 bridgehead atoms. The van der Waals surface area contributed by atoms with Crippen molar-refractivity contribution in [1.29, 1.82) is 0 Å². The van der Waals surface area contributed by atoms with E-state index in [-0.39, 0.29) is 24.4 Å². The molecule has 0 radical (unpaired) electrons. The fourth-order valence-electron chi connectivity index (χ4n) is 2.46. The van der Waals surface area contributed by atoms with Crippen LogP contribution in [-0.4, -0.2) is 31.7 Å². The van der Waals surface area contributed by atoms with Crippen LogP contribution in [0.5, 0.6) is 11.5 Å². The summed E-state index contributed by atoms with van der Waals surface area (Å²) in [7, 11) is 0. The smallest absolute Gasteiger partial charge is 0.241 e. The lowest BCUT2D eigenvalue weighted by Gasteiger charge is -2.24. The summed E-state index contributed by atoms with van der Waals surface area (Å²) in [5, 5.41) is 6.53. The molecule has 21 heavy (non-hydrogen) atoms. The number of ether oxygens (including phenoxy) is 2. The van der Waals surface area contributed by atoms with Crippen molar-refractivity contribution in [3.05, 3.63) is 17.2 Å². The van der Waals surface area contributed by atoms with Crippen molar-refractivity contribution in [2.75, 3.05) is 25.1 Å². The van der Waals surface area contributed by atoms with E-state index in [2.05, 4.69) is 10.6 Å². The average molecular weight is 333 g/mol. The third-order valence-corrected chi connectivity index (χ3v) is 3.83. The normalized spacial score (nSPS) is 20.3. The number of carbonyl (C=O) groups excluding carboxylic acids is 1. The third kappa shape index (κ3) is 3.73. The van der Waals surface area contributed by atoms with Crippen molar-refractivity contribution in [1.82, 2.24) is 5.32 Å². The van der Waals surface area contributed by atoms with Crippen molar-refractivity contribution >= 4 is 35.6 Å². The second kappa shape index (κ2) is 7.20. The average Bonchev–Trinajstić information content (AvgIpc) is 2.49. The van der Waals surface area contributed by atoms with Crippen LogP contribution in [-0.2, 0) is 4.79 Å². The number of benzene rings is 1. The fraction of sp³-hybridized carbons (Fsp3) is 0.500. The number of fused-ring (bicyclic) bond motifs is 1. The van der Waals surface area contributed by atoms with Gasteiger partial charge in [-0.3, -0.25) is 4.79 Å². The van der Waals surface area contributed by atoms with Gasteiger partial charge in [0, 0.05) is 12.1 Å². The van der Waals surface area contributed by atoms with E-state index in [1.165, 1.54) is 0 Å². The summed E-state index contributed by atoms with van der Waals surface area (Å²) in [5.74, 6) is 1.19. The van der Waals surface area contributed by atoms with Crippen LogP contribution in [0.4, 0.5) is 5.69 Å². The van der Waals surface area contributed by atoms with Crippen molar-refractivity contribution in [3.8, 4) is 11.5 Å². The number of piperidine rings is 1. The molecule has 2 heterocycles. The summed E-state index contributed by atoms with van der Waals surface area (Å²) in [4.78, 5) is 12.2. The monoisotopic (exact) mass is 332 g/mol. The molecule has 1 saturated heterocycles. The molecule has 0 aliphatic carbocycles. The van der Waals surface area contributed by atoms with Crippen LogP contribution in [0.1, 0.15) is 19.3 Å². The molecule has 1 fully saturated rings. The van der Waals surface area contributed by atoms with E-state index in [0.717, 1.165) is 25.8 Å². The number of anilines is 1. The summed E-state index contributed by atoms with van der Waals surface area (Å²) in [6.45, 7) is 1.90. The van der Waals surface area contributed by atoms with Crippen LogP contribution < -0.4 is 20.1 Å². The number of halogens is 2. The van der Waals surface area contributed by atoms with Gasteiger partial charge in [-0.25, -0.2) is 0 Å². The minimum Gasteiger partial charge on any atom is -0.486 e. The molecule has 1 atom stereocenters. The van der Waals surface area contributed by atoms with Crippen LogP contribution in [0, 0.1) is 0 Å². The van der Waals surface area contributed by atoms with Crippen molar-refractivity contribution < 1.29 is 14.3 Å². The van der Waals surface area contributed by atoms with Crippen LogP contribution in [0.2, 0.25) is 5.02 Å². The molecular weight excluding hydrogens is 315 g/mol. The van der Waals surface area contributed by atoms with Crippen LogP contribution in [0.3, 0.4) is 0 Å². The third-order valence-electron chi connectivity index (χ3n) is 3.52. The van der Waals surface area contributed by atoms with Gasteiger partial charge in [-0.1, -0.05) is 18.0 Å². The van der Waals surface area contributed by atoms with E-state index < -0.39 is 0 Å². The molecule has 0 aromatic heterocycles. The second-order valence-electron chi connectivity index (χ2n) is 4.97. The Bertz CT molecular complexity index is 519. The molecule has 2 aliphatic heterocycles. The Morgan fingerprint density at radius 1 is 1.24 bits per heavy atom. The summed E-state index contributed by atoms with van der Waals surface area (Å²) >= 11 is 6.17. The Labute approximate surface area is 134 Å². The molecule has 2 aliphatic rings. The first-order valence-electron chi connectivity index (χ1n) is 6.87. The topological polar surface area (TPSA) is 59.6 Å². The van der Waals surface area contributed by atoms with Gasteiger partial charge in [-0.15, -0.1) is 12.4 Å². The SMILES string of the molecule is Cl.O=C(Nc1cc2c(cc1Cl)OCCO2)[C@@H]1CCCCN1. The molecule has 5 nitrogen and oxygen atoms in total. The molecule has 116 valence electrons. The molecule has 7 heteroatoms. The largest absolute Gasteiger partial charge is 0.486 e. The zero-order valence-corrected chi connectivity index (χ0v) is 13.1. The summed E-state index contributed by atoms with van der Waals surface area (Å²) < 4.78 is 10.9. The van der Waals surface area contributed by atoms with E-state index in [4.69, 9.17) is 21.1 Å². The van der Waals surface area contributed by atoms with Gasteiger partial charge in [0.15, 0.2) is 11.5 Å². The predicted octanol–water partition coefficient (Wildman–Crippen LogP) is 2.61. The second-order valence-corrected chi connectivity index (χ2v) is 5.37. The van der Waals surface area contributed by atoms with Crippen molar-refractivity contribution in [3.63, 3.8) is 0 Å². The van der Waals surface area contributed by atoms with Crippen molar-refractivity contribution in [2.24, 2.45) is 0 Å². The number of amides is 1. The van der Waals surface area contributed by atoms with Gasteiger partial charge in [0.1, 0.15) is 13.2 Å². The molecule has 0 spiro atoms. The van der Waals surface area contributed by atoms with Crippen LogP contribution in [0.25, 0.3) is 0 Å². The van der Waals surface area contributed by atoms with Gasteiger partial charge >= 0.3 is 0 Å². The Kier molecular flexibility index (Phi) is 5.56. The van der Waals surface area contributed by atoms with Gasteiger partial charge in [0.2, 0.25) is 5.91 Å². The maximum Gasteiger partial charge on any atom is 0.241 e. The molecule has 3 rings (SSSR count). The minimum absolute atomic E-state index is 0. The standard InChI is InChI=1S/C14H17ClN2O3.ClH/c15-9-7-12-13(20-6-5-19-12)8-11(9)17-14(18)10-3-1-2-4-16-10;/h7-8,10,16H,1-6H2,(H,17,18);1H/t10-;/m0./s1. The zero-order valence-electron chi connectivity index (χ0n) is 11.5.